The van der Waals surface area contributed by atoms with Crippen molar-refractivity contribution in [2.75, 3.05) is 6.54 Å². The minimum absolute atomic E-state index is 0.0709. The van der Waals surface area contributed by atoms with Gasteiger partial charge in [0.15, 0.2) is 5.78 Å². The number of carbonyl (C=O) groups is 4. The summed E-state index contributed by atoms with van der Waals surface area (Å²) in [6.45, 7) is 1.69. The standard InChI is InChI=1S/C44H53FN4O8S/c1-41(18-19-41)58(54,55)48-39(52)43-22-28(43)8-5-3-2-4-6-11-32(46-40(53)57-44(20-21-44)27-14-15-27)38(51)49-25-42(23-33(49)34(50)24-43)17-16-30-29-9-7-10-31(45)36(29)47-35(26-12-13-26)37(30)56-42/h5,7-10,26-28,32-33H,2-4,6,11-25H2,1H3,(H,46,53)(H,48,52)/b8-5-/t28-,32+,33+,42-,43-/m1/s1. The third-order valence-electron chi connectivity index (χ3n) is 14.8. The summed E-state index contributed by atoms with van der Waals surface area (Å²) in [5.41, 5.74) is -0.811. The molecule has 1 aromatic heterocycles. The normalized spacial score (nSPS) is 33.1. The third kappa shape index (κ3) is 6.69. The first-order valence-corrected chi connectivity index (χ1v) is 23.1. The number of aryl methyl sites for hydroxylation is 1. The lowest BCUT2D eigenvalue weighted by Gasteiger charge is -2.37. The van der Waals surface area contributed by atoms with Crippen molar-refractivity contribution in [2.24, 2.45) is 17.3 Å². The summed E-state index contributed by atoms with van der Waals surface area (Å²) < 4.78 is 56.1. The number of para-hydroxylation sites is 1. The molecule has 2 N–H and O–H groups in total. The van der Waals surface area contributed by atoms with Crippen LogP contribution in [0.15, 0.2) is 30.4 Å². The summed E-state index contributed by atoms with van der Waals surface area (Å²) in [7, 11) is -3.96. The van der Waals surface area contributed by atoms with Crippen LogP contribution in [0.25, 0.3) is 10.9 Å². The maximum atomic E-state index is 15.1. The Kier molecular flexibility index (Phi) is 8.86. The quantitative estimate of drug-likeness (QED) is 0.300. The minimum Gasteiger partial charge on any atom is -0.483 e. The Morgan fingerprint density at radius 3 is 2.52 bits per heavy atom. The Bertz CT molecular complexity index is 2250. The van der Waals surface area contributed by atoms with E-state index < -0.39 is 67.2 Å². The van der Waals surface area contributed by atoms with E-state index in [9.17, 15) is 27.6 Å². The van der Waals surface area contributed by atoms with Gasteiger partial charge in [-0.2, -0.15) is 0 Å². The van der Waals surface area contributed by atoms with Gasteiger partial charge in [0.05, 0.1) is 28.4 Å². The van der Waals surface area contributed by atoms with Crippen LogP contribution >= 0.6 is 0 Å². The molecule has 0 unspecified atom stereocenters. The predicted octanol–water partition coefficient (Wildman–Crippen LogP) is 6.44. The summed E-state index contributed by atoms with van der Waals surface area (Å²) in [6, 6.07) is 2.99. The number of carbonyl (C=O) groups excluding carboxylic acids is 4. The van der Waals surface area contributed by atoms with Gasteiger partial charge in [0.25, 0.3) is 0 Å². The number of ketones is 1. The maximum absolute atomic E-state index is 15.1. The molecule has 310 valence electrons. The van der Waals surface area contributed by atoms with E-state index in [1.165, 1.54) is 6.07 Å². The molecule has 3 amide bonds. The number of sulfonamides is 1. The van der Waals surface area contributed by atoms with Gasteiger partial charge in [0.1, 0.15) is 34.3 Å². The number of pyridine rings is 1. The van der Waals surface area contributed by atoms with Gasteiger partial charge in [0.2, 0.25) is 21.8 Å². The SMILES string of the molecule is CC1(S(=O)(=O)NC(=O)[C@]23CC(=O)[C@@H]4C[C@]5(CCc6c(c(C7CC7)nc7c(F)cccc67)O5)CN4C(=O)[C@@H](NC(=O)OC4(C5CC5)CC4)CCCCC/C=C\[C@@H]2C3)CC1. The van der Waals surface area contributed by atoms with Crippen LogP contribution in [0.4, 0.5) is 9.18 Å². The topological polar surface area (TPSA) is 161 Å². The number of halogens is 1. The first-order chi connectivity index (χ1) is 27.7. The molecule has 3 aliphatic heterocycles. The van der Waals surface area contributed by atoms with Crippen LogP contribution in [0.1, 0.15) is 133 Å². The number of amides is 3. The first kappa shape index (κ1) is 38.2. The van der Waals surface area contributed by atoms with Crippen LogP contribution in [-0.2, 0) is 35.6 Å². The lowest BCUT2D eigenvalue weighted by molar-refractivity contribution is -0.140. The molecule has 2 aromatic rings. The fraction of sp³-hybridized carbons (Fsp3) is 0.659. The van der Waals surface area contributed by atoms with Crippen molar-refractivity contribution in [3.05, 3.63) is 47.4 Å². The van der Waals surface area contributed by atoms with E-state index in [-0.39, 0.29) is 37.0 Å². The summed E-state index contributed by atoms with van der Waals surface area (Å²) in [5, 5.41) is 3.61. The molecule has 6 fully saturated rings. The lowest BCUT2D eigenvalue weighted by atomic mass is 9.85. The zero-order valence-corrected chi connectivity index (χ0v) is 34.0. The van der Waals surface area contributed by atoms with Gasteiger partial charge in [-0.05, 0) is 115 Å². The predicted molar refractivity (Wildman–Crippen MR) is 211 cm³/mol. The van der Waals surface area contributed by atoms with E-state index >= 15 is 4.39 Å². The number of allylic oxidation sites excluding steroid dienone is 2. The smallest absolute Gasteiger partial charge is 0.408 e. The van der Waals surface area contributed by atoms with Crippen molar-refractivity contribution < 1.29 is 41.5 Å². The summed E-state index contributed by atoms with van der Waals surface area (Å²) in [5.74, 6) is -1.05. The molecule has 58 heavy (non-hydrogen) atoms. The van der Waals surface area contributed by atoms with Crippen LogP contribution in [0.2, 0.25) is 0 Å². The van der Waals surface area contributed by atoms with E-state index in [0.29, 0.717) is 73.2 Å². The van der Waals surface area contributed by atoms with Crippen LogP contribution in [0.3, 0.4) is 0 Å². The second kappa shape index (κ2) is 13.5. The first-order valence-electron chi connectivity index (χ1n) is 21.6. The molecule has 8 aliphatic rings. The highest BCUT2D eigenvalue weighted by Gasteiger charge is 2.64. The van der Waals surface area contributed by atoms with Crippen molar-refractivity contribution >= 4 is 44.6 Å². The second-order valence-corrected chi connectivity index (χ2v) is 21.4. The van der Waals surface area contributed by atoms with Gasteiger partial charge < -0.3 is 19.7 Å². The molecule has 5 aliphatic carbocycles. The molecule has 1 saturated heterocycles. The van der Waals surface area contributed by atoms with Crippen LogP contribution in [0, 0.1) is 23.1 Å². The van der Waals surface area contributed by atoms with E-state index in [0.717, 1.165) is 63.4 Å². The third-order valence-corrected chi connectivity index (χ3v) is 17.0. The van der Waals surface area contributed by atoms with Crippen molar-refractivity contribution in [2.45, 2.75) is 156 Å². The zero-order valence-electron chi connectivity index (χ0n) is 33.2. The number of nitrogens with one attached hydrogen (secondary N) is 2. The number of hydrogen-bond donors (Lipinski definition) is 2. The summed E-state index contributed by atoms with van der Waals surface area (Å²) >= 11 is 0. The number of fused-ring (bicyclic) bond motifs is 5. The average Bonchev–Trinajstić information content (AvgIpc) is 3.94. The second-order valence-electron chi connectivity index (χ2n) is 19.2. The van der Waals surface area contributed by atoms with Gasteiger partial charge in [-0.25, -0.2) is 22.6 Å². The highest BCUT2D eigenvalue weighted by molar-refractivity contribution is 7.91. The molecule has 5 saturated carbocycles. The van der Waals surface area contributed by atoms with Gasteiger partial charge >= 0.3 is 6.09 Å². The largest absolute Gasteiger partial charge is 0.483 e. The molecule has 14 heteroatoms. The van der Waals surface area contributed by atoms with Gasteiger partial charge in [-0.3, -0.25) is 19.1 Å². The fourth-order valence-corrected chi connectivity index (χ4v) is 11.5. The molecule has 1 aromatic carbocycles. The van der Waals surface area contributed by atoms with Crippen molar-refractivity contribution in [3.63, 3.8) is 0 Å². The van der Waals surface area contributed by atoms with Gasteiger partial charge in [0, 0.05) is 29.7 Å². The maximum Gasteiger partial charge on any atom is 0.408 e. The highest BCUT2D eigenvalue weighted by Crippen LogP contribution is 2.59. The molecule has 5 atom stereocenters. The lowest BCUT2D eigenvalue weighted by Crippen LogP contribution is -2.53. The molecular formula is C44H53FN4O8S. The number of rotatable bonds is 7. The fourth-order valence-electron chi connectivity index (χ4n) is 10.2. The van der Waals surface area contributed by atoms with E-state index in [2.05, 4.69) is 10.0 Å². The molecule has 12 nitrogen and oxygen atoms in total. The Hall–Kier alpha value is -4.07. The van der Waals surface area contributed by atoms with Crippen molar-refractivity contribution in [1.82, 2.24) is 19.9 Å². The average molecular weight is 817 g/mol. The number of hydrogen-bond acceptors (Lipinski definition) is 9. The summed E-state index contributed by atoms with van der Waals surface area (Å²) in [4.78, 5) is 63.8. The molecule has 0 radical (unpaired) electrons. The van der Waals surface area contributed by atoms with Crippen LogP contribution in [0.5, 0.6) is 5.75 Å². The van der Waals surface area contributed by atoms with E-state index in [1.54, 1.807) is 17.9 Å². The minimum atomic E-state index is -3.96. The van der Waals surface area contributed by atoms with Gasteiger partial charge in [-0.1, -0.05) is 37.1 Å². The number of aromatic nitrogens is 1. The number of Topliss-reactive ketones (excluding diaryl/α,β-unsaturated/α-hetero) is 1. The number of nitrogens with zero attached hydrogens (tertiary/aromatic N) is 2. The van der Waals surface area contributed by atoms with E-state index in [4.69, 9.17) is 14.5 Å². The molecule has 1 spiro atoms. The molecule has 0 bridgehead atoms. The monoisotopic (exact) mass is 816 g/mol. The number of alkyl carbamates (subject to hydrolysis) is 1. The van der Waals surface area contributed by atoms with E-state index in [1.807, 2.05) is 18.2 Å². The molecular weight excluding hydrogens is 764 g/mol. The van der Waals surface area contributed by atoms with Crippen LogP contribution < -0.4 is 14.8 Å². The Labute approximate surface area is 338 Å². The Morgan fingerprint density at radius 2 is 1.79 bits per heavy atom. The summed E-state index contributed by atoms with van der Waals surface area (Å²) in [6.07, 6.45) is 14.3. The van der Waals surface area contributed by atoms with Crippen molar-refractivity contribution in [3.8, 4) is 5.75 Å². The Morgan fingerprint density at radius 1 is 1.00 bits per heavy atom. The highest BCUT2D eigenvalue weighted by atomic mass is 32.2. The molecule has 4 heterocycles. The zero-order chi connectivity index (χ0) is 40.2. The van der Waals surface area contributed by atoms with Crippen LogP contribution in [-0.4, -0.2) is 76.6 Å². The number of ether oxygens (including phenoxy) is 2. The molecule has 10 rings (SSSR count). The Balaban J connectivity index is 0.988. The number of benzene rings is 1. The van der Waals surface area contributed by atoms with Gasteiger partial charge in [-0.15, -0.1) is 0 Å². The van der Waals surface area contributed by atoms with Crippen molar-refractivity contribution in [1.29, 1.82) is 0 Å².